The molecule has 0 bridgehead atoms. The Bertz CT molecular complexity index is 193. The first-order valence-electron chi connectivity index (χ1n) is 6.46. The van der Waals surface area contributed by atoms with Gasteiger partial charge in [0.25, 0.3) is 0 Å². The highest BCUT2D eigenvalue weighted by molar-refractivity contribution is 4.74. The summed E-state index contributed by atoms with van der Waals surface area (Å²) in [4.78, 5) is 2.37. The van der Waals surface area contributed by atoms with E-state index < -0.39 is 0 Å². The van der Waals surface area contributed by atoms with Crippen LogP contribution in [0.5, 0.6) is 0 Å². The average molecular weight is 228 g/mol. The van der Waals surface area contributed by atoms with Crippen molar-refractivity contribution in [2.45, 2.75) is 58.3 Å². The van der Waals surface area contributed by atoms with E-state index in [0.29, 0.717) is 12.2 Å². The summed E-state index contributed by atoms with van der Waals surface area (Å²) in [5, 5.41) is 3.48. The van der Waals surface area contributed by atoms with Crippen LogP contribution < -0.4 is 5.32 Å². The molecule has 1 aliphatic heterocycles. The maximum atomic E-state index is 6.05. The molecule has 0 aromatic rings. The Morgan fingerprint density at radius 1 is 1.31 bits per heavy atom. The second-order valence-electron chi connectivity index (χ2n) is 6.08. The number of likely N-dealkylation sites (tertiary alicyclic amines) is 1. The van der Waals surface area contributed by atoms with Crippen molar-refractivity contribution < 1.29 is 4.74 Å². The highest BCUT2D eigenvalue weighted by Crippen LogP contribution is 2.14. The molecule has 1 heterocycles. The van der Waals surface area contributed by atoms with Crippen LogP contribution in [0.15, 0.2) is 0 Å². The van der Waals surface area contributed by atoms with Crippen LogP contribution in [-0.2, 0) is 4.74 Å². The lowest BCUT2D eigenvalue weighted by Gasteiger charge is -2.32. The number of rotatable bonds is 4. The van der Waals surface area contributed by atoms with Gasteiger partial charge >= 0.3 is 0 Å². The van der Waals surface area contributed by atoms with Crippen LogP contribution in [0, 0.1) is 0 Å². The van der Waals surface area contributed by atoms with Gasteiger partial charge in [-0.15, -0.1) is 0 Å². The van der Waals surface area contributed by atoms with E-state index in [1.54, 1.807) is 0 Å². The van der Waals surface area contributed by atoms with Gasteiger partial charge in [-0.2, -0.15) is 0 Å². The summed E-state index contributed by atoms with van der Waals surface area (Å²) in [7, 11) is 2.18. The minimum atomic E-state index is 0.185. The van der Waals surface area contributed by atoms with Crippen molar-refractivity contribution in [3.63, 3.8) is 0 Å². The van der Waals surface area contributed by atoms with Crippen molar-refractivity contribution in [3.05, 3.63) is 0 Å². The average Bonchev–Trinajstić information content (AvgIpc) is 2.18. The van der Waals surface area contributed by atoms with E-state index in [9.17, 15) is 0 Å². The molecular weight excluding hydrogens is 200 g/mol. The molecule has 1 unspecified atom stereocenters. The van der Waals surface area contributed by atoms with Gasteiger partial charge < -0.3 is 15.0 Å². The predicted octanol–water partition coefficient (Wildman–Crippen LogP) is 1.87. The van der Waals surface area contributed by atoms with Crippen LogP contribution in [0.2, 0.25) is 0 Å². The number of nitrogens with one attached hydrogen (secondary N) is 1. The van der Waals surface area contributed by atoms with Gasteiger partial charge in [0.05, 0.1) is 12.2 Å². The molecule has 0 aliphatic carbocycles. The predicted molar refractivity (Wildman–Crippen MR) is 68.8 cm³/mol. The third-order valence-corrected chi connectivity index (χ3v) is 3.01. The maximum Gasteiger partial charge on any atom is 0.0675 e. The van der Waals surface area contributed by atoms with E-state index in [0.717, 1.165) is 6.54 Å². The van der Waals surface area contributed by atoms with Crippen molar-refractivity contribution in [3.8, 4) is 0 Å². The van der Waals surface area contributed by atoms with E-state index in [-0.39, 0.29) is 5.54 Å². The summed E-state index contributed by atoms with van der Waals surface area (Å²) in [5.74, 6) is 0. The van der Waals surface area contributed by atoms with E-state index in [4.69, 9.17) is 4.74 Å². The summed E-state index contributed by atoms with van der Waals surface area (Å²) in [6.07, 6.45) is 3.13. The van der Waals surface area contributed by atoms with E-state index in [1.807, 2.05) is 0 Å². The Morgan fingerprint density at radius 3 is 2.38 bits per heavy atom. The van der Waals surface area contributed by atoms with Gasteiger partial charge in [0.2, 0.25) is 0 Å². The third-order valence-electron chi connectivity index (χ3n) is 3.01. The zero-order valence-corrected chi connectivity index (χ0v) is 11.5. The molecule has 1 rings (SSSR count). The third kappa shape index (κ3) is 5.83. The normalized spacial score (nSPS) is 22.3. The number of hydrogen-bond donors (Lipinski definition) is 1. The Hall–Kier alpha value is -0.120. The van der Waals surface area contributed by atoms with Gasteiger partial charge in [-0.25, -0.2) is 0 Å². The zero-order valence-electron chi connectivity index (χ0n) is 11.5. The molecule has 0 radical (unpaired) electrons. The second kappa shape index (κ2) is 5.99. The van der Waals surface area contributed by atoms with Crippen molar-refractivity contribution >= 4 is 0 Å². The van der Waals surface area contributed by atoms with Crippen LogP contribution >= 0.6 is 0 Å². The van der Waals surface area contributed by atoms with Crippen molar-refractivity contribution in [2.24, 2.45) is 0 Å². The monoisotopic (exact) mass is 228 g/mol. The first kappa shape index (κ1) is 13.9. The van der Waals surface area contributed by atoms with Gasteiger partial charge in [-0.1, -0.05) is 0 Å². The molecule has 1 N–H and O–H groups in total. The van der Waals surface area contributed by atoms with Crippen LogP contribution in [0.4, 0.5) is 0 Å². The first-order valence-corrected chi connectivity index (χ1v) is 6.46. The number of nitrogens with zero attached hydrogens (tertiary/aromatic N) is 1. The van der Waals surface area contributed by atoms with E-state index in [2.05, 4.69) is 45.0 Å². The molecular formula is C13H28N2O. The van der Waals surface area contributed by atoms with Crippen LogP contribution in [0.1, 0.15) is 40.5 Å². The fraction of sp³-hybridized carbons (Fsp3) is 1.00. The number of ether oxygens (including phenoxy) is 1. The molecule has 1 saturated heterocycles. The molecule has 0 aromatic heterocycles. The van der Waals surface area contributed by atoms with Gasteiger partial charge in [-0.05, 0) is 47.6 Å². The molecule has 1 aliphatic rings. The lowest BCUT2D eigenvalue weighted by molar-refractivity contribution is -0.0322. The zero-order chi connectivity index (χ0) is 12.2. The minimum Gasteiger partial charge on any atom is -0.374 e. The number of hydrogen-bond acceptors (Lipinski definition) is 3. The van der Waals surface area contributed by atoms with Gasteiger partial charge in [0.1, 0.15) is 0 Å². The Labute approximate surface area is 101 Å². The van der Waals surface area contributed by atoms with Crippen molar-refractivity contribution in [1.29, 1.82) is 0 Å². The smallest absolute Gasteiger partial charge is 0.0675 e. The molecule has 0 saturated carbocycles. The summed E-state index contributed by atoms with van der Waals surface area (Å²) in [6, 6.07) is 0. The highest BCUT2D eigenvalue weighted by atomic mass is 16.5. The highest BCUT2D eigenvalue weighted by Gasteiger charge is 2.20. The Balaban J connectivity index is 2.16. The van der Waals surface area contributed by atoms with Gasteiger partial charge in [0.15, 0.2) is 0 Å². The largest absolute Gasteiger partial charge is 0.374 e. The molecule has 3 nitrogen and oxygen atoms in total. The molecule has 0 aromatic carbocycles. The quantitative estimate of drug-likeness (QED) is 0.795. The lowest BCUT2D eigenvalue weighted by Crippen LogP contribution is -2.43. The lowest BCUT2D eigenvalue weighted by atomic mass is 10.1. The maximum absolute atomic E-state index is 6.05. The summed E-state index contributed by atoms with van der Waals surface area (Å²) < 4.78 is 6.05. The summed E-state index contributed by atoms with van der Waals surface area (Å²) in [6.45, 7) is 12.0. The summed E-state index contributed by atoms with van der Waals surface area (Å²) in [5.41, 5.74) is 0.185. The van der Waals surface area contributed by atoms with Crippen LogP contribution in [-0.4, -0.2) is 49.3 Å². The summed E-state index contributed by atoms with van der Waals surface area (Å²) >= 11 is 0. The van der Waals surface area contributed by atoms with Crippen LogP contribution in [0.3, 0.4) is 0 Å². The molecule has 0 spiro atoms. The van der Waals surface area contributed by atoms with Gasteiger partial charge in [-0.3, -0.25) is 0 Å². The van der Waals surface area contributed by atoms with Crippen molar-refractivity contribution in [1.82, 2.24) is 10.2 Å². The minimum absolute atomic E-state index is 0.185. The fourth-order valence-electron chi connectivity index (χ4n) is 1.95. The molecule has 96 valence electrons. The SMILES string of the molecule is CC(CNC(C)(C)C)OC1CCN(C)CC1. The van der Waals surface area contributed by atoms with Crippen LogP contribution in [0.25, 0.3) is 0 Å². The molecule has 1 fully saturated rings. The van der Waals surface area contributed by atoms with E-state index in [1.165, 1.54) is 25.9 Å². The molecule has 1 atom stereocenters. The number of piperidine rings is 1. The van der Waals surface area contributed by atoms with Crippen molar-refractivity contribution in [2.75, 3.05) is 26.7 Å². The Morgan fingerprint density at radius 2 is 1.88 bits per heavy atom. The molecule has 3 heteroatoms. The second-order valence-corrected chi connectivity index (χ2v) is 6.08. The van der Waals surface area contributed by atoms with E-state index >= 15 is 0 Å². The molecule has 0 amide bonds. The van der Waals surface area contributed by atoms with Gasteiger partial charge in [0, 0.05) is 25.2 Å². The molecule has 16 heavy (non-hydrogen) atoms. The first-order chi connectivity index (χ1) is 7.37. The Kier molecular flexibility index (Phi) is 5.22. The standard InChI is InChI=1S/C13H28N2O/c1-11(10-14-13(2,3)4)16-12-6-8-15(5)9-7-12/h11-12,14H,6-10H2,1-5H3. The topological polar surface area (TPSA) is 24.5 Å². The fourth-order valence-corrected chi connectivity index (χ4v) is 1.95.